The van der Waals surface area contributed by atoms with Crippen LogP contribution in [0.25, 0.3) is 0 Å². The molecule has 7 heteroatoms. The highest BCUT2D eigenvalue weighted by molar-refractivity contribution is 6.34. The third kappa shape index (κ3) is 4.23. The van der Waals surface area contributed by atoms with Gasteiger partial charge in [0.25, 0.3) is 11.6 Å². The molecule has 0 aliphatic heterocycles. The van der Waals surface area contributed by atoms with Crippen molar-refractivity contribution in [3.63, 3.8) is 0 Å². The lowest BCUT2D eigenvalue weighted by Crippen LogP contribution is -2.26. The van der Waals surface area contributed by atoms with Crippen molar-refractivity contribution < 1.29 is 14.5 Å². The molecule has 0 aliphatic rings. The molecule has 0 aliphatic carbocycles. The fourth-order valence-corrected chi connectivity index (χ4v) is 2.46. The van der Waals surface area contributed by atoms with Crippen molar-refractivity contribution in [2.75, 3.05) is 13.7 Å². The van der Waals surface area contributed by atoms with Gasteiger partial charge in [-0.15, -0.1) is 0 Å². The van der Waals surface area contributed by atoms with E-state index in [-0.39, 0.29) is 22.2 Å². The quantitative estimate of drug-likeness (QED) is 0.586. The van der Waals surface area contributed by atoms with Crippen LogP contribution in [0.3, 0.4) is 0 Å². The lowest BCUT2D eigenvalue weighted by atomic mass is 10.1. The Hall–Kier alpha value is -2.60. The number of carbonyl (C=O) groups is 1. The van der Waals surface area contributed by atoms with E-state index in [0.29, 0.717) is 13.2 Å². The number of nitrogens with zero attached hydrogens (tertiary/aromatic N) is 2. The van der Waals surface area contributed by atoms with E-state index in [1.807, 2.05) is 31.2 Å². The van der Waals surface area contributed by atoms with E-state index in [2.05, 4.69) is 0 Å². The van der Waals surface area contributed by atoms with Crippen molar-refractivity contribution in [3.8, 4) is 5.75 Å². The Morgan fingerprint density at radius 2 is 1.92 bits per heavy atom. The maximum atomic E-state index is 12.5. The Labute approximate surface area is 144 Å². The highest BCUT2D eigenvalue weighted by Gasteiger charge is 2.18. The molecule has 2 rings (SSSR count). The van der Waals surface area contributed by atoms with Crippen LogP contribution in [0.2, 0.25) is 5.02 Å². The minimum absolute atomic E-state index is 0.0627. The van der Waals surface area contributed by atoms with Crippen molar-refractivity contribution in [2.24, 2.45) is 0 Å². The molecule has 1 amide bonds. The summed E-state index contributed by atoms with van der Waals surface area (Å²) in [5.41, 5.74) is 1.02. The zero-order chi connectivity index (χ0) is 17.7. The van der Waals surface area contributed by atoms with Gasteiger partial charge in [0, 0.05) is 25.7 Å². The van der Waals surface area contributed by atoms with E-state index in [1.165, 1.54) is 23.1 Å². The topological polar surface area (TPSA) is 72.7 Å². The third-order valence-corrected chi connectivity index (χ3v) is 3.71. The predicted octanol–water partition coefficient (Wildman–Crippen LogP) is 3.92. The third-order valence-electron chi connectivity index (χ3n) is 3.39. The van der Waals surface area contributed by atoms with Crippen LogP contribution in [0, 0.1) is 10.1 Å². The molecule has 2 aromatic carbocycles. The first-order valence-corrected chi connectivity index (χ1v) is 7.71. The van der Waals surface area contributed by atoms with Crippen molar-refractivity contribution in [3.05, 3.63) is 68.7 Å². The molecule has 0 atom stereocenters. The smallest absolute Gasteiger partial charge is 0.270 e. The zero-order valence-corrected chi connectivity index (χ0v) is 14.1. The number of hydrogen-bond donors (Lipinski definition) is 0. The Bertz CT molecular complexity index is 747. The number of hydrogen-bond acceptors (Lipinski definition) is 4. The minimum atomic E-state index is -0.552. The van der Waals surface area contributed by atoms with E-state index < -0.39 is 4.92 Å². The first-order chi connectivity index (χ1) is 11.4. The lowest BCUT2D eigenvalue weighted by molar-refractivity contribution is -0.384. The number of amides is 1. The maximum Gasteiger partial charge on any atom is 0.270 e. The van der Waals surface area contributed by atoms with E-state index in [1.54, 1.807) is 7.05 Å². The lowest BCUT2D eigenvalue weighted by Gasteiger charge is -2.18. The van der Waals surface area contributed by atoms with Crippen molar-refractivity contribution in [1.29, 1.82) is 0 Å². The summed E-state index contributed by atoms with van der Waals surface area (Å²) in [6.45, 7) is 2.89. The van der Waals surface area contributed by atoms with Crippen molar-refractivity contribution in [1.82, 2.24) is 4.90 Å². The second-order valence-electron chi connectivity index (χ2n) is 5.16. The molecule has 0 bridgehead atoms. The van der Waals surface area contributed by atoms with E-state index in [0.717, 1.165) is 11.3 Å². The number of nitro groups is 1. The summed E-state index contributed by atoms with van der Waals surface area (Å²) in [4.78, 5) is 24.1. The Morgan fingerprint density at radius 3 is 2.46 bits per heavy atom. The standard InChI is InChI=1S/C17H17ClN2O4/c1-3-24-14-7-4-12(5-8-14)11-19(2)17(21)15-9-6-13(20(22)23)10-16(15)18/h4-10H,3,11H2,1-2H3. The van der Waals surface area contributed by atoms with Crippen LogP contribution in [0.4, 0.5) is 5.69 Å². The molecule has 24 heavy (non-hydrogen) atoms. The van der Waals surface area contributed by atoms with Gasteiger partial charge >= 0.3 is 0 Å². The van der Waals surface area contributed by atoms with Crippen LogP contribution in [0.1, 0.15) is 22.8 Å². The van der Waals surface area contributed by atoms with Gasteiger partial charge in [0.05, 0.1) is 22.1 Å². The van der Waals surface area contributed by atoms with Gasteiger partial charge in [0.15, 0.2) is 0 Å². The Balaban J connectivity index is 2.10. The molecule has 0 unspecified atom stereocenters. The minimum Gasteiger partial charge on any atom is -0.494 e. The summed E-state index contributed by atoms with van der Waals surface area (Å²) >= 11 is 6.00. The van der Waals surface area contributed by atoms with Crippen LogP contribution in [-0.4, -0.2) is 29.4 Å². The SMILES string of the molecule is CCOc1ccc(CN(C)C(=O)c2ccc([N+](=O)[O-])cc2Cl)cc1. The van der Waals surface area contributed by atoms with E-state index >= 15 is 0 Å². The normalized spacial score (nSPS) is 10.3. The average Bonchev–Trinajstić information content (AvgIpc) is 2.56. The number of nitro benzene ring substituents is 1. The molecule has 0 fully saturated rings. The molecule has 0 heterocycles. The van der Waals surface area contributed by atoms with Gasteiger partial charge in [-0.05, 0) is 30.7 Å². The molecular formula is C17H17ClN2O4. The summed E-state index contributed by atoms with van der Waals surface area (Å²) in [6.07, 6.45) is 0. The van der Waals surface area contributed by atoms with Crippen LogP contribution >= 0.6 is 11.6 Å². The fourth-order valence-electron chi connectivity index (χ4n) is 2.20. The van der Waals surface area contributed by atoms with Crippen LogP contribution in [0.15, 0.2) is 42.5 Å². The molecule has 0 spiro atoms. The summed E-state index contributed by atoms with van der Waals surface area (Å²) in [5.74, 6) is 0.470. The molecule has 2 aromatic rings. The molecule has 0 N–H and O–H groups in total. The molecule has 0 radical (unpaired) electrons. The van der Waals surface area contributed by atoms with Crippen LogP contribution < -0.4 is 4.74 Å². The molecule has 0 saturated carbocycles. The first-order valence-electron chi connectivity index (χ1n) is 7.33. The van der Waals surface area contributed by atoms with E-state index in [4.69, 9.17) is 16.3 Å². The highest BCUT2D eigenvalue weighted by Crippen LogP contribution is 2.24. The van der Waals surface area contributed by atoms with Gasteiger partial charge in [-0.3, -0.25) is 14.9 Å². The van der Waals surface area contributed by atoms with Gasteiger partial charge < -0.3 is 9.64 Å². The summed E-state index contributed by atoms with van der Waals surface area (Å²) in [5, 5.41) is 10.8. The molecule has 0 aromatic heterocycles. The van der Waals surface area contributed by atoms with Gasteiger partial charge in [-0.25, -0.2) is 0 Å². The van der Waals surface area contributed by atoms with Gasteiger partial charge in [-0.2, -0.15) is 0 Å². The Morgan fingerprint density at radius 1 is 1.25 bits per heavy atom. The number of rotatable bonds is 6. The second-order valence-corrected chi connectivity index (χ2v) is 5.57. The van der Waals surface area contributed by atoms with Crippen molar-refractivity contribution >= 4 is 23.2 Å². The number of ether oxygens (including phenoxy) is 1. The molecule has 6 nitrogen and oxygen atoms in total. The zero-order valence-electron chi connectivity index (χ0n) is 13.4. The monoisotopic (exact) mass is 348 g/mol. The maximum absolute atomic E-state index is 12.5. The summed E-state index contributed by atoms with van der Waals surface area (Å²) in [6, 6.07) is 11.3. The number of benzene rings is 2. The van der Waals surface area contributed by atoms with Gasteiger partial charge in [0.1, 0.15) is 5.75 Å². The van der Waals surface area contributed by atoms with Gasteiger partial charge in [-0.1, -0.05) is 23.7 Å². The van der Waals surface area contributed by atoms with Crippen molar-refractivity contribution in [2.45, 2.75) is 13.5 Å². The number of carbonyl (C=O) groups excluding carboxylic acids is 1. The number of halogens is 1. The fraction of sp³-hybridized carbons (Fsp3) is 0.235. The Kier molecular flexibility index (Phi) is 5.76. The number of non-ortho nitro benzene ring substituents is 1. The summed E-state index contributed by atoms with van der Waals surface area (Å²) < 4.78 is 5.38. The van der Waals surface area contributed by atoms with Gasteiger partial charge in [0.2, 0.25) is 0 Å². The molecule has 126 valence electrons. The summed E-state index contributed by atoms with van der Waals surface area (Å²) in [7, 11) is 1.65. The average molecular weight is 349 g/mol. The van der Waals surface area contributed by atoms with E-state index in [9.17, 15) is 14.9 Å². The van der Waals surface area contributed by atoms with Crippen LogP contribution in [-0.2, 0) is 6.54 Å². The molecular weight excluding hydrogens is 332 g/mol. The predicted molar refractivity (Wildman–Crippen MR) is 91.5 cm³/mol. The second kappa shape index (κ2) is 7.79. The van der Waals surface area contributed by atoms with Crippen LogP contribution in [0.5, 0.6) is 5.75 Å². The largest absolute Gasteiger partial charge is 0.494 e. The molecule has 0 saturated heterocycles. The highest BCUT2D eigenvalue weighted by atomic mass is 35.5. The first kappa shape index (κ1) is 17.7.